The first-order valence-corrected chi connectivity index (χ1v) is 6.89. The minimum absolute atomic E-state index is 0.194. The number of carbonyl (C=O) groups is 2. The maximum absolute atomic E-state index is 11.9. The molecule has 0 aromatic rings. The molecule has 4 nitrogen and oxygen atoms in total. The molecule has 0 rings (SSSR count). The van der Waals surface area contributed by atoms with Crippen LogP contribution in [0.1, 0.15) is 67.2 Å². The lowest BCUT2D eigenvalue weighted by Gasteiger charge is -2.46. The molecule has 0 heterocycles. The third kappa shape index (κ3) is 3.95. The third-order valence-electron chi connectivity index (χ3n) is 4.78. The second kappa shape index (κ2) is 5.93. The summed E-state index contributed by atoms with van der Waals surface area (Å²) in [5, 5.41) is 18.9. The van der Waals surface area contributed by atoms with Crippen molar-refractivity contribution in [3.8, 4) is 0 Å². The van der Waals surface area contributed by atoms with Gasteiger partial charge < -0.3 is 10.2 Å². The molecule has 0 aliphatic carbocycles. The number of hydrogen-bond acceptors (Lipinski definition) is 2. The summed E-state index contributed by atoms with van der Waals surface area (Å²) >= 11 is 0. The van der Waals surface area contributed by atoms with Gasteiger partial charge >= 0.3 is 11.9 Å². The smallest absolute Gasteiger partial charge is 0.310 e. The molecule has 1 unspecified atom stereocenters. The van der Waals surface area contributed by atoms with Crippen LogP contribution in [0.25, 0.3) is 0 Å². The highest BCUT2D eigenvalue weighted by molar-refractivity contribution is 5.82. The van der Waals surface area contributed by atoms with Crippen molar-refractivity contribution < 1.29 is 19.8 Å². The van der Waals surface area contributed by atoms with Gasteiger partial charge in [-0.1, -0.05) is 48.0 Å². The summed E-state index contributed by atoms with van der Waals surface area (Å²) in [7, 11) is 0. The van der Waals surface area contributed by atoms with Crippen LogP contribution in [0.4, 0.5) is 0 Å². The van der Waals surface area contributed by atoms with E-state index in [2.05, 4.69) is 0 Å². The molecule has 0 saturated carbocycles. The van der Waals surface area contributed by atoms with Gasteiger partial charge in [-0.3, -0.25) is 9.59 Å². The van der Waals surface area contributed by atoms with Crippen LogP contribution in [0.5, 0.6) is 0 Å². The van der Waals surface area contributed by atoms with Crippen LogP contribution in [0.3, 0.4) is 0 Å². The molecular formula is C15H28O4. The standard InChI is InChI=1S/C15H28O4/c1-7-13(3,4)10-15(12(18)19,9-11(16)17)14(5,6)8-2/h7-10H2,1-6H3,(H,16,17)(H,18,19). The predicted octanol–water partition coefficient (Wildman–Crippen LogP) is 3.79. The molecule has 0 aliphatic heterocycles. The van der Waals surface area contributed by atoms with E-state index in [1.54, 1.807) is 0 Å². The molecule has 0 saturated heterocycles. The van der Waals surface area contributed by atoms with Gasteiger partial charge in [0.05, 0.1) is 11.8 Å². The Labute approximate surface area is 116 Å². The first-order chi connectivity index (χ1) is 8.44. The summed E-state index contributed by atoms with van der Waals surface area (Å²) in [6.07, 6.45) is 1.50. The molecule has 19 heavy (non-hydrogen) atoms. The third-order valence-corrected chi connectivity index (χ3v) is 4.78. The Kier molecular flexibility index (Phi) is 5.60. The SMILES string of the molecule is CCC(C)(C)CC(CC(=O)O)(C(=O)O)C(C)(C)CC. The zero-order chi connectivity index (χ0) is 15.5. The normalized spacial score (nSPS) is 15.9. The number of hydrogen-bond donors (Lipinski definition) is 2. The molecule has 0 spiro atoms. The Hall–Kier alpha value is -1.06. The molecule has 1 atom stereocenters. The molecule has 0 aliphatic rings. The number of carboxylic acids is 2. The van der Waals surface area contributed by atoms with E-state index in [-0.39, 0.29) is 11.8 Å². The van der Waals surface area contributed by atoms with Crippen LogP contribution in [0.2, 0.25) is 0 Å². The van der Waals surface area contributed by atoms with Crippen molar-refractivity contribution in [2.45, 2.75) is 67.2 Å². The second-order valence-electron chi connectivity index (χ2n) is 6.89. The molecule has 112 valence electrons. The Morgan fingerprint density at radius 3 is 1.68 bits per heavy atom. The second-order valence-corrected chi connectivity index (χ2v) is 6.89. The fraction of sp³-hybridized carbons (Fsp3) is 0.867. The Balaban J connectivity index is 5.79. The zero-order valence-electron chi connectivity index (χ0n) is 13.0. The summed E-state index contributed by atoms with van der Waals surface area (Å²) in [6, 6.07) is 0. The summed E-state index contributed by atoms with van der Waals surface area (Å²) in [5.74, 6) is -2.04. The van der Waals surface area contributed by atoms with Gasteiger partial charge in [-0.25, -0.2) is 0 Å². The largest absolute Gasteiger partial charge is 0.481 e. The van der Waals surface area contributed by atoms with Gasteiger partial charge in [0.1, 0.15) is 0 Å². The Morgan fingerprint density at radius 2 is 1.42 bits per heavy atom. The molecule has 0 aromatic heterocycles. The van der Waals surface area contributed by atoms with Crippen molar-refractivity contribution in [1.29, 1.82) is 0 Å². The van der Waals surface area contributed by atoms with Gasteiger partial charge in [-0.05, 0) is 23.7 Å². The van der Waals surface area contributed by atoms with Crippen molar-refractivity contribution in [2.24, 2.45) is 16.2 Å². The Bertz CT molecular complexity index is 344. The fourth-order valence-corrected chi connectivity index (χ4v) is 2.52. The minimum atomic E-state index is -1.23. The molecule has 2 N–H and O–H groups in total. The molecule has 0 aromatic carbocycles. The quantitative estimate of drug-likeness (QED) is 0.705. The highest BCUT2D eigenvalue weighted by atomic mass is 16.4. The van der Waals surface area contributed by atoms with Crippen molar-refractivity contribution in [2.75, 3.05) is 0 Å². The van der Waals surface area contributed by atoms with E-state index < -0.39 is 22.8 Å². The highest BCUT2D eigenvalue weighted by Crippen LogP contribution is 2.52. The van der Waals surface area contributed by atoms with Crippen LogP contribution in [0.15, 0.2) is 0 Å². The van der Waals surface area contributed by atoms with E-state index in [0.717, 1.165) is 6.42 Å². The van der Waals surface area contributed by atoms with Gasteiger partial charge in [0, 0.05) is 0 Å². The number of carboxylic acid groups (broad SMARTS) is 2. The molecule has 0 amide bonds. The van der Waals surface area contributed by atoms with Crippen molar-refractivity contribution in [3.63, 3.8) is 0 Å². The van der Waals surface area contributed by atoms with Crippen LogP contribution in [-0.2, 0) is 9.59 Å². The summed E-state index contributed by atoms with van der Waals surface area (Å²) < 4.78 is 0. The van der Waals surface area contributed by atoms with Crippen molar-refractivity contribution >= 4 is 11.9 Å². The highest BCUT2D eigenvalue weighted by Gasteiger charge is 2.53. The van der Waals surface area contributed by atoms with Crippen molar-refractivity contribution in [1.82, 2.24) is 0 Å². The molecule has 4 heteroatoms. The molecule has 0 fully saturated rings. The van der Waals surface area contributed by atoms with E-state index in [1.807, 2.05) is 41.5 Å². The van der Waals surface area contributed by atoms with E-state index >= 15 is 0 Å². The molecule has 0 radical (unpaired) electrons. The lowest BCUT2D eigenvalue weighted by atomic mass is 9.56. The van der Waals surface area contributed by atoms with Gasteiger partial charge in [-0.2, -0.15) is 0 Å². The van der Waals surface area contributed by atoms with Gasteiger partial charge in [-0.15, -0.1) is 0 Å². The van der Waals surface area contributed by atoms with Crippen LogP contribution >= 0.6 is 0 Å². The Morgan fingerprint density at radius 1 is 0.947 bits per heavy atom. The number of aliphatic carboxylic acids is 2. The minimum Gasteiger partial charge on any atom is -0.481 e. The molecule has 0 bridgehead atoms. The van der Waals surface area contributed by atoms with Gasteiger partial charge in [0.15, 0.2) is 0 Å². The first kappa shape index (κ1) is 17.9. The van der Waals surface area contributed by atoms with Crippen LogP contribution in [0, 0.1) is 16.2 Å². The van der Waals surface area contributed by atoms with Crippen LogP contribution < -0.4 is 0 Å². The van der Waals surface area contributed by atoms with Gasteiger partial charge in [0.25, 0.3) is 0 Å². The lowest BCUT2D eigenvalue weighted by Crippen LogP contribution is -2.48. The van der Waals surface area contributed by atoms with E-state index in [0.29, 0.717) is 12.8 Å². The average Bonchev–Trinajstić information content (AvgIpc) is 2.26. The maximum Gasteiger partial charge on any atom is 0.310 e. The lowest BCUT2D eigenvalue weighted by molar-refractivity contribution is -0.168. The predicted molar refractivity (Wildman–Crippen MR) is 75.1 cm³/mol. The van der Waals surface area contributed by atoms with E-state index in [9.17, 15) is 14.7 Å². The fourth-order valence-electron chi connectivity index (χ4n) is 2.52. The van der Waals surface area contributed by atoms with Gasteiger partial charge in [0.2, 0.25) is 0 Å². The van der Waals surface area contributed by atoms with Crippen molar-refractivity contribution in [3.05, 3.63) is 0 Å². The molecular weight excluding hydrogens is 244 g/mol. The summed E-state index contributed by atoms with van der Waals surface area (Å²) in [5.41, 5.74) is -1.99. The first-order valence-electron chi connectivity index (χ1n) is 6.89. The summed E-state index contributed by atoms with van der Waals surface area (Å²) in [4.78, 5) is 23.1. The average molecular weight is 272 g/mol. The monoisotopic (exact) mass is 272 g/mol. The van der Waals surface area contributed by atoms with E-state index in [1.165, 1.54) is 0 Å². The zero-order valence-corrected chi connectivity index (χ0v) is 13.0. The van der Waals surface area contributed by atoms with Crippen LogP contribution in [-0.4, -0.2) is 22.2 Å². The summed E-state index contributed by atoms with van der Waals surface area (Å²) in [6.45, 7) is 11.6. The van der Waals surface area contributed by atoms with E-state index in [4.69, 9.17) is 5.11 Å². The topological polar surface area (TPSA) is 74.6 Å². The number of rotatable bonds is 8. The maximum atomic E-state index is 11.9.